The normalized spacial score (nSPS) is 27.7. The molecular weight excluding hydrogens is 615 g/mol. The number of carbonyl (C=O) groups excluding carboxylic acids is 1. The highest BCUT2D eigenvalue weighted by Gasteiger charge is 2.43. The molecule has 6 bridgehead atoms. The van der Waals surface area contributed by atoms with Gasteiger partial charge in [-0.3, -0.25) is 15.0 Å². The lowest BCUT2D eigenvalue weighted by molar-refractivity contribution is -0.0101. The lowest BCUT2D eigenvalue weighted by atomic mass is 9.94. The lowest BCUT2D eigenvalue weighted by Crippen LogP contribution is -2.48. The molecule has 4 fully saturated rings. The van der Waals surface area contributed by atoms with Gasteiger partial charge in [0.05, 0.1) is 36.9 Å². The number of anilines is 1. The van der Waals surface area contributed by atoms with Crippen LogP contribution in [0.2, 0.25) is 5.02 Å². The van der Waals surface area contributed by atoms with E-state index in [1.165, 1.54) is 0 Å². The molecule has 5 unspecified atom stereocenters. The number of nitrogens with one attached hydrogen (secondary N) is 2. The molecule has 5 atom stereocenters. The van der Waals surface area contributed by atoms with Crippen molar-refractivity contribution in [3.05, 3.63) is 34.9 Å². The van der Waals surface area contributed by atoms with Gasteiger partial charge >= 0.3 is 12.1 Å². The van der Waals surface area contributed by atoms with Gasteiger partial charge in [0.1, 0.15) is 23.6 Å². The zero-order valence-electron chi connectivity index (χ0n) is 25.2. The second-order valence-corrected chi connectivity index (χ2v) is 13.5. The van der Waals surface area contributed by atoms with Gasteiger partial charge in [0.2, 0.25) is 0 Å². The molecule has 14 heteroatoms. The first kappa shape index (κ1) is 28.4. The van der Waals surface area contributed by atoms with E-state index in [-0.39, 0.29) is 47.7 Å². The number of hydrogen-bond donors (Lipinski definition) is 2. The number of ether oxygens (including phenoxy) is 3. The molecule has 3 aromatic heterocycles. The van der Waals surface area contributed by atoms with Crippen molar-refractivity contribution in [2.75, 3.05) is 51.0 Å². The molecule has 1 saturated carbocycles. The van der Waals surface area contributed by atoms with E-state index < -0.39 is 11.9 Å². The molecule has 6 aliphatic rings. The maximum atomic E-state index is 17.1. The zero-order chi connectivity index (χ0) is 30.9. The predicted molar refractivity (Wildman–Crippen MR) is 168 cm³/mol. The van der Waals surface area contributed by atoms with Crippen LogP contribution in [0.15, 0.2) is 18.5 Å². The SMILES string of the molecule is O=C1NC2CCCN(C2)c2nc(OCC3CCC4COCCN43)nc3c(F)c(ncc23)-c2c(c(Cl)cc3[nH]ncc23)C2CC2CO1. The summed E-state index contributed by atoms with van der Waals surface area (Å²) in [7, 11) is 0. The molecule has 12 nitrogen and oxygen atoms in total. The van der Waals surface area contributed by atoms with Crippen molar-refractivity contribution in [3.63, 3.8) is 0 Å². The first-order chi connectivity index (χ1) is 22.5. The smallest absolute Gasteiger partial charge is 0.407 e. The molecule has 46 heavy (non-hydrogen) atoms. The van der Waals surface area contributed by atoms with Crippen molar-refractivity contribution < 1.29 is 23.4 Å². The number of carbonyl (C=O) groups is 1. The maximum Gasteiger partial charge on any atom is 0.407 e. The quantitative estimate of drug-likeness (QED) is 0.329. The Balaban J connectivity index is 1.19. The molecule has 10 rings (SSSR count). The Kier molecular flexibility index (Phi) is 6.90. The van der Waals surface area contributed by atoms with Gasteiger partial charge in [0.25, 0.3) is 0 Å². The number of H-pyrrole nitrogens is 1. The van der Waals surface area contributed by atoms with E-state index in [9.17, 15) is 4.79 Å². The molecule has 3 saturated heterocycles. The number of aromatic amines is 1. The fourth-order valence-corrected chi connectivity index (χ4v) is 8.30. The summed E-state index contributed by atoms with van der Waals surface area (Å²) in [5, 5.41) is 11.9. The first-order valence-corrected chi connectivity index (χ1v) is 16.6. The summed E-state index contributed by atoms with van der Waals surface area (Å²) >= 11 is 6.89. The van der Waals surface area contributed by atoms with Crippen molar-refractivity contribution in [3.8, 4) is 17.3 Å². The van der Waals surface area contributed by atoms with E-state index in [4.69, 9.17) is 40.8 Å². The summed E-state index contributed by atoms with van der Waals surface area (Å²) in [6, 6.07) is 2.39. The number of aromatic nitrogens is 5. The second-order valence-electron chi connectivity index (χ2n) is 13.1. The van der Waals surface area contributed by atoms with Crippen molar-refractivity contribution in [2.24, 2.45) is 5.92 Å². The number of halogens is 2. The summed E-state index contributed by atoms with van der Waals surface area (Å²) in [6.07, 6.45) is 7.30. The molecular formula is C32H34ClFN8O4. The van der Waals surface area contributed by atoms with Crippen molar-refractivity contribution in [2.45, 2.75) is 56.1 Å². The Morgan fingerprint density at radius 3 is 3.00 bits per heavy atom. The number of amides is 1. The van der Waals surface area contributed by atoms with E-state index in [2.05, 4.69) is 25.3 Å². The van der Waals surface area contributed by atoms with E-state index >= 15 is 4.39 Å². The Hall–Kier alpha value is -3.81. The molecule has 0 radical (unpaired) electrons. The standard InChI is InChI=1S/C32H34ClFN8O4/c33-23-9-24-21(11-36-40-24)26-25(23)20-8-16(20)13-46-32(43)37-17-2-1-5-41(12-17)30-22-10-35-29(26)27(34)28(22)38-31(39-30)45-15-19-4-3-18-14-44-7-6-42(18)19/h9-11,16-20H,1-8,12-15H2,(H,36,40)(H,37,43). The van der Waals surface area contributed by atoms with Gasteiger partial charge in [-0.2, -0.15) is 15.1 Å². The van der Waals surface area contributed by atoms with Gasteiger partial charge in [-0.25, -0.2) is 9.18 Å². The summed E-state index contributed by atoms with van der Waals surface area (Å²) in [5.41, 5.74) is 2.31. The highest BCUT2D eigenvalue weighted by molar-refractivity contribution is 6.33. The minimum Gasteiger partial charge on any atom is -0.462 e. The summed E-state index contributed by atoms with van der Waals surface area (Å²) in [6.45, 7) is 4.12. The van der Waals surface area contributed by atoms with Crippen molar-refractivity contribution in [1.82, 2.24) is 35.4 Å². The van der Waals surface area contributed by atoms with Gasteiger partial charge in [0, 0.05) is 65.8 Å². The van der Waals surface area contributed by atoms with Crippen LogP contribution in [0.1, 0.15) is 43.6 Å². The third kappa shape index (κ3) is 4.82. The van der Waals surface area contributed by atoms with Crippen LogP contribution in [0.3, 0.4) is 0 Å². The Morgan fingerprint density at radius 2 is 2.07 bits per heavy atom. The van der Waals surface area contributed by atoms with E-state index in [1.807, 2.05) is 6.07 Å². The van der Waals surface area contributed by atoms with Crippen LogP contribution in [-0.2, 0) is 9.47 Å². The maximum absolute atomic E-state index is 17.1. The molecule has 240 valence electrons. The van der Waals surface area contributed by atoms with E-state index in [1.54, 1.807) is 12.4 Å². The fraction of sp³-hybridized carbons (Fsp3) is 0.531. The summed E-state index contributed by atoms with van der Waals surface area (Å²) in [5.74, 6) is -0.00258. The highest BCUT2D eigenvalue weighted by Crippen LogP contribution is 2.54. The second kappa shape index (κ2) is 11.2. The van der Waals surface area contributed by atoms with Crippen LogP contribution >= 0.6 is 11.6 Å². The van der Waals surface area contributed by atoms with Gasteiger partial charge in [-0.1, -0.05) is 11.6 Å². The van der Waals surface area contributed by atoms with Crippen LogP contribution in [-0.4, -0.2) is 100 Å². The van der Waals surface area contributed by atoms with Crippen LogP contribution in [0.4, 0.5) is 15.0 Å². The van der Waals surface area contributed by atoms with E-state index in [0.717, 1.165) is 50.8 Å². The fourth-order valence-electron chi connectivity index (χ4n) is 7.96. The number of alkyl carbamates (subject to hydrolysis) is 1. The number of nitrogens with zero attached hydrogens (tertiary/aromatic N) is 6. The molecule has 8 heterocycles. The van der Waals surface area contributed by atoms with Crippen LogP contribution < -0.4 is 15.0 Å². The van der Waals surface area contributed by atoms with Gasteiger partial charge in [-0.15, -0.1) is 0 Å². The number of fused-ring (bicyclic) bond motifs is 6. The lowest BCUT2D eigenvalue weighted by Gasteiger charge is -2.34. The topological polar surface area (TPSA) is 131 Å². The number of pyridine rings is 1. The average molecular weight is 649 g/mol. The molecule has 5 aliphatic heterocycles. The van der Waals surface area contributed by atoms with Crippen LogP contribution in [0.5, 0.6) is 6.01 Å². The van der Waals surface area contributed by atoms with Crippen LogP contribution in [0.25, 0.3) is 33.1 Å². The number of hydrogen-bond acceptors (Lipinski definition) is 10. The molecule has 1 aliphatic carbocycles. The minimum atomic E-state index is -0.562. The third-order valence-electron chi connectivity index (χ3n) is 10.4. The minimum absolute atomic E-state index is 0.0279. The molecule has 1 aromatic carbocycles. The number of morpholine rings is 1. The zero-order valence-corrected chi connectivity index (χ0v) is 25.9. The number of benzene rings is 1. The van der Waals surface area contributed by atoms with Crippen molar-refractivity contribution >= 4 is 45.3 Å². The highest BCUT2D eigenvalue weighted by atomic mass is 35.5. The Morgan fingerprint density at radius 1 is 1.13 bits per heavy atom. The number of rotatable bonds is 3. The monoisotopic (exact) mass is 648 g/mol. The van der Waals surface area contributed by atoms with E-state index in [0.29, 0.717) is 65.0 Å². The molecule has 1 amide bonds. The average Bonchev–Trinajstić information content (AvgIpc) is 3.45. The van der Waals surface area contributed by atoms with Crippen LogP contribution in [0, 0.1) is 11.7 Å². The Bertz CT molecular complexity index is 1860. The largest absolute Gasteiger partial charge is 0.462 e. The Labute approximate surface area is 268 Å². The third-order valence-corrected chi connectivity index (χ3v) is 10.7. The van der Waals surface area contributed by atoms with Gasteiger partial charge in [0.15, 0.2) is 5.82 Å². The number of piperidine rings is 1. The molecule has 0 spiro atoms. The van der Waals surface area contributed by atoms with Gasteiger partial charge < -0.3 is 24.4 Å². The summed E-state index contributed by atoms with van der Waals surface area (Å²) in [4.78, 5) is 31.7. The predicted octanol–water partition coefficient (Wildman–Crippen LogP) is 4.41. The van der Waals surface area contributed by atoms with Gasteiger partial charge in [-0.05, 0) is 49.7 Å². The first-order valence-electron chi connectivity index (χ1n) is 16.2. The molecule has 2 N–H and O–H groups in total. The summed E-state index contributed by atoms with van der Waals surface area (Å²) < 4.78 is 34.7. The molecule has 4 aromatic rings. The van der Waals surface area contributed by atoms with Crippen molar-refractivity contribution in [1.29, 1.82) is 0 Å².